The molecule has 2 aromatic rings. The van der Waals surface area contributed by atoms with E-state index in [9.17, 15) is 13.2 Å². The molecule has 1 nitrogen and oxygen atoms in total. The van der Waals surface area contributed by atoms with Gasteiger partial charge >= 0.3 is 6.18 Å². The highest BCUT2D eigenvalue weighted by atomic mass is 79.9. The first kappa shape index (κ1) is 15.5. The average Bonchev–Trinajstić information content (AvgIpc) is 2.88. The number of likely N-dealkylation sites (N-methyl/N-ethyl adjacent to an activating group) is 1. The summed E-state index contributed by atoms with van der Waals surface area (Å²) in [5, 5.41) is 4.90. The summed E-state index contributed by atoms with van der Waals surface area (Å²) in [5.41, 5.74) is -0.320. The summed E-state index contributed by atoms with van der Waals surface area (Å²) < 4.78 is 39.9. The second kappa shape index (κ2) is 6.28. The van der Waals surface area contributed by atoms with Gasteiger partial charge in [0.1, 0.15) is 0 Å². The summed E-state index contributed by atoms with van der Waals surface area (Å²) in [5.74, 6) is 0. The van der Waals surface area contributed by atoms with Gasteiger partial charge in [0.2, 0.25) is 0 Å². The molecule has 1 heterocycles. The van der Waals surface area contributed by atoms with Gasteiger partial charge in [0.25, 0.3) is 0 Å². The minimum Gasteiger partial charge on any atom is -0.313 e. The predicted octanol–water partition coefficient (Wildman–Crippen LogP) is 5.03. The first-order chi connectivity index (χ1) is 9.41. The Bertz CT molecular complexity index is 566. The topological polar surface area (TPSA) is 12.0 Å². The third kappa shape index (κ3) is 3.62. The Hall–Kier alpha value is -0.850. The lowest BCUT2D eigenvalue weighted by atomic mass is 9.97. The molecule has 1 aromatic heterocycles. The minimum absolute atomic E-state index is 0.275. The molecular formula is C14H13BrF3NS. The van der Waals surface area contributed by atoms with Crippen LogP contribution in [0, 0.1) is 0 Å². The van der Waals surface area contributed by atoms with E-state index in [1.807, 2.05) is 17.5 Å². The summed E-state index contributed by atoms with van der Waals surface area (Å²) >= 11 is 4.65. The Balaban J connectivity index is 2.38. The molecule has 108 valence electrons. The molecule has 1 unspecified atom stereocenters. The number of benzene rings is 1. The van der Waals surface area contributed by atoms with E-state index in [-0.39, 0.29) is 11.6 Å². The molecule has 0 aliphatic rings. The molecule has 0 saturated carbocycles. The van der Waals surface area contributed by atoms with Crippen LogP contribution < -0.4 is 5.32 Å². The molecule has 2 rings (SSSR count). The van der Waals surface area contributed by atoms with Crippen molar-refractivity contribution in [2.45, 2.75) is 18.6 Å². The molecule has 0 aliphatic heterocycles. The fourth-order valence-corrected chi connectivity index (χ4v) is 3.19. The van der Waals surface area contributed by atoms with Crippen molar-refractivity contribution in [3.05, 3.63) is 56.2 Å². The van der Waals surface area contributed by atoms with Crippen LogP contribution in [0.25, 0.3) is 0 Å². The van der Waals surface area contributed by atoms with Gasteiger partial charge in [-0.05, 0) is 36.2 Å². The lowest BCUT2D eigenvalue weighted by Crippen LogP contribution is -2.22. The second-order valence-electron chi connectivity index (χ2n) is 4.35. The molecule has 1 N–H and O–H groups in total. The van der Waals surface area contributed by atoms with Crippen LogP contribution in [0.3, 0.4) is 0 Å². The molecule has 0 fully saturated rings. The Labute approximate surface area is 128 Å². The standard InChI is InChI=1S/C14H13BrF3NS/c1-19-13(8-10-3-2-6-20-10)11-5-4-9(15)7-12(11)14(16,17)18/h2-7,13,19H,8H2,1H3. The first-order valence-corrected chi connectivity index (χ1v) is 7.65. The van der Waals surface area contributed by atoms with E-state index in [0.717, 1.165) is 10.9 Å². The average molecular weight is 364 g/mol. The molecule has 1 atom stereocenters. The maximum absolute atomic E-state index is 13.2. The molecule has 0 amide bonds. The molecule has 0 bridgehead atoms. The number of thiophene rings is 1. The Morgan fingerprint density at radius 3 is 2.60 bits per heavy atom. The van der Waals surface area contributed by atoms with Gasteiger partial charge in [-0.1, -0.05) is 28.1 Å². The normalized spacial score (nSPS) is 13.4. The number of alkyl halides is 3. The van der Waals surface area contributed by atoms with Crippen LogP contribution in [0.15, 0.2) is 40.2 Å². The van der Waals surface area contributed by atoms with E-state index in [1.54, 1.807) is 24.5 Å². The summed E-state index contributed by atoms with van der Waals surface area (Å²) in [6.45, 7) is 0. The highest BCUT2D eigenvalue weighted by Crippen LogP contribution is 2.37. The molecular weight excluding hydrogens is 351 g/mol. The Morgan fingerprint density at radius 1 is 1.30 bits per heavy atom. The van der Waals surface area contributed by atoms with Crippen LogP contribution in [-0.2, 0) is 12.6 Å². The Kier molecular flexibility index (Phi) is 4.88. The summed E-state index contributed by atoms with van der Waals surface area (Å²) in [6, 6.07) is 7.78. The van der Waals surface area contributed by atoms with Crippen molar-refractivity contribution in [3.63, 3.8) is 0 Å². The van der Waals surface area contributed by atoms with Gasteiger partial charge in [0, 0.05) is 21.8 Å². The lowest BCUT2D eigenvalue weighted by Gasteiger charge is -2.21. The van der Waals surface area contributed by atoms with Crippen molar-refractivity contribution in [2.24, 2.45) is 0 Å². The van der Waals surface area contributed by atoms with E-state index in [0.29, 0.717) is 10.9 Å². The molecule has 0 saturated heterocycles. The number of hydrogen-bond acceptors (Lipinski definition) is 2. The summed E-state index contributed by atoms with van der Waals surface area (Å²) in [7, 11) is 1.68. The number of halogens is 4. The van der Waals surface area contributed by atoms with Crippen molar-refractivity contribution in [3.8, 4) is 0 Å². The van der Waals surface area contributed by atoms with Crippen LogP contribution in [0.5, 0.6) is 0 Å². The van der Waals surface area contributed by atoms with E-state index in [4.69, 9.17) is 0 Å². The van der Waals surface area contributed by atoms with Crippen LogP contribution in [0.1, 0.15) is 22.0 Å². The Morgan fingerprint density at radius 2 is 2.05 bits per heavy atom. The zero-order valence-corrected chi connectivity index (χ0v) is 13.1. The molecule has 0 aliphatic carbocycles. The first-order valence-electron chi connectivity index (χ1n) is 5.98. The van der Waals surface area contributed by atoms with Crippen LogP contribution in [0.2, 0.25) is 0 Å². The van der Waals surface area contributed by atoms with E-state index >= 15 is 0 Å². The van der Waals surface area contributed by atoms with Gasteiger partial charge in [0.05, 0.1) is 5.56 Å². The van der Waals surface area contributed by atoms with E-state index < -0.39 is 11.7 Å². The fourth-order valence-electron chi connectivity index (χ4n) is 2.08. The van der Waals surface area contributed by atoms with Gasteiger partial charge < -0.3 is 5.32 Å². The van der Waals surface area contributed by atoms with Crippen LogP contribution >= 0.6 is 27.3 Å². The smallest absolute Gasteiger partial charge is 0.313 e. The number of hydrogen-bond donors (Lipinski definition) is 1. The summed E-state index contributed by atoms with van der Waals surface area (Å²) in [4.78, 5) is 1.06. The molecule has 1 aromatic carbocycles. The predicted molar refractivity (Wildman–Crippen MR) is 79.0 cm³/mol. The quantitative estimate of drug-likeness (QED) is 0.802. The van der Waals surface area contributed by atoms with Crippen molar-refractivity contribution in [1.29, 1.82) is 0 Å². The number of rotatable bonds is 4. The molecule has 6 heteroatoms. The third-order valence-corrected chi connectivity index (χ3v) is 4.42. The van der Waals surface area contributed by atoms with Gasteiger partial charge in [-0.15, -0.1) is 11.3 Å². The van der Waals surface area contributed by atoms with E-state index in [1.165, 1.54) is 6.07 Å². The minimum atomic E-state index is -4.36. The zero-order valence-electron chi connectivity index (χ0n) is 10.7. The van der Waals surface area contributed by atoms with Crippen molar-refractivity contribution >= 4 is 27.3 Å². The van der Waals surface area contributed by atoms with Gasteiger partial charge in [-0.3, -0.25) is 0 Å². The maximum Gasteiger partial charge on any atom is 0.416 e. The monoisotopic (exact) mass is 363 g/mol. The van der Waals surface area contributed by atoms with Gasteiger partial charge in [-0.25, -0.2) is 0 Å². The largest absolute Gasteiger partial charge is 0.416 e. The summed E-state index contributed by atoms with van der Waals surface area (Å²) in [6.07, 6.45) is -3.82. The highest BCUT2D eigenvalue weighted by molar-refractivity contribution is 9.10. The lowest BCUT2D eigenvalue weighted by molar-refractivity contribution is -0.138. The SMILES string of the molecule is CNC(Cc1cccs1)c1ccc(Br)cc1C(F)(F)F. The fraction of sp³-hybridized carbons (Fsp3) is 0.286. The zero-order chi connectivity index (χ0) is 14.8. The molecule has 20 heavy (non-hydrogen) atoms. The van der Waals surface area contributed by atoms with Gasteiger partial charge in [-0.2, -0.15) is 13.2 Å². The van der Waals surface area contributed by atoms with Crippen molar-refractivity contribution in [1.82, 2.24) is 5.32 Å². The molecule has 0 radical (unpaired) electrons. The van der Waals surface area contributed by atoms with Crippen molar-refractivity contribution < 1.29 is 13.2 Å². The third-order valence-electron chi connectivity index (χ3n) is 3.03. The van der Waals surface area contributed by atoms with Gasteiger partial charge in [0.15, 0.2) is 0 Å². The maximum atomic E-state index is 13.2. The van der Waals surface area contributed by atoms with Crippen LogP contribution in [-0.4, -0.2) is 7.05 Å². The van der Waals surface area contributed by atoms with Crippen molar-refractivity contribution in [2.75, 3.05) is 7.05 Å². The second-order valence-corrected chi connectivity index (χ2v) is 6.30. The number of nitrogens with one attached hydrogen (secondary N) is 1. The highest BCUT2D eigenvalue weighted by Gasteiger charge is 2.35. The van der Waals surface area contributed by atoms with E-state index in [2.05, 4.69) is 21.2 Å². The molecule has 0 spiro atoms. The van der Waals surface area contributed by atoms with Crippen LogP contribution in [0.4, 0.5) is 13.2 Å².